The average molecular weight is 313 g/mol. The zero-order valence-corrected chi connectivity index (χ0v) is 12.1. The lowest BCUT2D eigenvalue weighted by atomic mass is 10.2. The maximum Gasteiger partial charge on any atom is 0.301 e. The molecule has 1 saturated heterocycles. The number of anilines is 1. The van der Waals surface area contributed by atoms with Gasteiger partial charge < -0.3 is 10.5 Å². The van der Waals surface area contributed by atoms with Gasteiger partial charge in [-0.05, 0) is 18.2 Å². The molecule has 1 aromatic rings. The molecule has 0 amide bonds. The Bertz CT molecular complexity index is 661. The smallest absolute Gasteiger partial charge is 0.301 e. The summed E-state index contributed by atoms with van der Waals surface area (Å²) in [7, 11) is -3.71. The molecule has 2 rings (SSSR count). The van der Waals surface area contributed by atoms with E-state index in [2.05, 4.69) is 16.6 Å². The Morgan fingerprint density at radius 1 is 1.38 bits per heavy atom. The number of rotatable bonds is 3. The summed E-state index contributed by atoms with van der Waals surface area (Å²) in [6, 6.07) is 3.68. The second-order valence-electron chi connectivity index (χ2n) is 4.31. The van der Waals surface area contributed by atoms with Crippen LogP contribution in [0.1, 0.15) is 5.56 Å². The Kier molecular flexibility index (Phi) is 5.14. The number of benzene rings is 1. The molecule has 8 heteroatoms. The molecule has 0 aromatic heterocycles. The predicted molar refractivity (Wildman–Crippen MR) is 77.3 cm³/mol. The van der Waals surface area contributed by atoms with Gasteiger partial charge >= 0.3 is 10.2 Å². The lowest BCUT2D eigenvalue weighted by Gasteiger charge is -2.26. The van der Waals surface area contributed by atoms with Crippen molar-refractivity contribution in [1.29, 1.82) is 0 Å². The molecule has 0 radical (unpaired) electrons. The summed E-state index contributed by atoms with van der Waals surface area (Å²) in [5, 5.41) is 0. The van der Waals surface area contributed by atoms with Gasteiger partial charge in [-0.2, -0.15) is 12.7 Å². The van der Waals surface area contributed by atoms with Crippen LogP contribution in [-0.2, 0) is 14.9 Å². The van der Waals surface area contributed by atoms with Crippen LogP contribution >= 0.6 is 0 Å². The monoisotopic (exact) mass is 313 g/mol. The molecule has 1 aliphatic heterocycles. The van der Waals surface area contributed by atoms with Crippen LogP contribution in [0.15, 0.2) is 18.2 Å². The molecule has 3 N–H and O–H groups in total. The number of nitrogens with zero attached hydrogens (tertiary/aromatic N) is 1. The molecule has 0 spiro atoms. The Labute approximate surface area is 123 Å². The molecular formula is C13H16FN3O3S. The highest BCUT2D eigenvalue weighted by atomic mass is 32.2. The summed E-state index contributed by atoms with van der Waals surface area (Å²) in [5.74, 6) is 4.74. The van der Waals surface area contributed by atoms with E-state index in [4.69, 9.17) is 10.5 Å². The van der Waals surface area contributed by atoms with E-state index in [1.807, 2.05) is 0 Å². The van der Waals surface area contributed by atoms with Crippen molar-refractivity contribution in [2.45, 2.75) is 0 Å². The summed E-state index contributed by atoms with van der Waals surface area (Å²) in [6.07, 6.45) is 0. The van der Waals surface area contributed by atoms with E-state index in [1.54, 1.807) is 0 Å². The van der Waals surface area contributed by atoms with Gasteiger partial charge in [-0.3, -0.25) is 4.72 Å². The second-order valence-corrected chi connectivity index (χ2v) is 5.98. The standard InChI is InChI=1S/C13H16FN3O3S/c14-12-3-4-13(11(10-12)2-1-5-15)16-21(18,19)17-6-8-20-9-7-17/h3-4,10,16H,5-9,15H2. The maximum absolute atomic E-state index is 13.3. The SMILES string of the molecule is NCC#Cc1cc(F)ccc1NS(=O)(=O)N1CCOCC1. The van der Waals surface area contributed by atoms with Gasteiger partial charge in [-0.15, -0.1) is 0 Å². The number of nitrogens with two attached hydrogens (primary N) is 1. The lowest BCUT2D eigenvalue weighted by molar-refractivity contribution is 0.0733. The summed E-state index contributed by atoms with van der Waals surface area (Å²) in [6.45, 7) is 1.36. The summed E-state index contributed by atoms with van der Waals surface area (Å²) in [4.78, 5) is 0. The van der Waals surface area contributed by atoms with Crippen molar-refractivity contribution in [3.05, 3.63) is 29.6 Å². The number of hydrogen-bond acceptors (Lipinski definition) is 4. The Morgan fingerprint density at radius 2 is 2.10 bits per heavy atom. The van der Waals surface area contributed by atoms with Crippen LogP contribution in [-0.4, -0.2) is 45.6 Å². The number of halogens is 1. The van der Waals surface area contributed by atoms with Crippen LogP contribution in [0, 0.1) is 17.7 Å². The lowest BCUT2D eigenvalue weighted by Crippen LogP contribution is -2.43. The first-order valence-electron chi connectivity index (χ1n) is 6.37. The van der Waals surface area contributed by atoms with Crippen LogP contribution in [0.5, 0.6) is 0 Å². The minimum atomic E-state index is -3.71. The molecular weight excluding hydrogens is 297 g/mol. The minimum Gasteiger partial charge on any atom is -0.379 e. The maximum atomic E-state index is 13.3. The highest BCUT2D eigenvalue weighted by Gasteiger charge is 2.24. The zero-order valence-electron chi connectivity index (χ0n) is 11.3. The first kappa shape index (κ1) is 15.7. The quantitative estimate of drug-likeness (QED) is 0.777. The van der Waals surface area contributed by atoms with Gasteiger partial charge in [0.2, 0.25) is 0 Å². The Hall–Kier alpha value is -1.66. The Balaban J connectivity index is 2.25. The molecule has 0 bridgehead atoms. The topological polar surface area (TPSA) is 84.7 Å². The zero-order chi connectivity index (χ0) is 15.3. The number of nitrogens with one attached hydrogen (secondary N) is 1. The second kappa shape index (κ2) is 6.87. The van der Waals surface area contributed by atoms with Crippen molar-refractivity contribution in [3.63, 3.8) is 0 Å². The third-order valence-electron chi connectivity index (χ3n) is 2.86. The van der Waals surface area contributed by atoms with E-state index in [9.17, 15) is 12.8 Å². The molecule has 1 fully saturated rings. The van der Waals surface area contributed by atoms with Gasteiger partial charge in [-0.25, -0.2) is 4.39 Å². The predicted octanol–water partition coefficient (Wildman–Crippen LogP) is 0.125. The van der Waals surface area contributed by atoms with Crippen molar-refractivity contribution in [1.82, 2.24) is 4.31 Å². The van der Waals surface area contributed by atoms with Crippen molar-refractivity contribution < 1.29 is 17.5 Å². The van der Waals surface area contributed by atoms with Crippen molar-refractivity contribution >= 4 is 15.9 Å². The minimum absolute atomic E-state index is 0.103. The molecule has 114 valence electrons. The highest BCUT2D eigenvalue weighted by molar-refractivity contribution is 7.90. The van der Waals surface area contributed by atoms with Crippen LogP contribution in [0.2, 0.25) is 0 Å². The van der Waals surface area contributed by atoms with Gasteiger partial charge in [0.25, 0.3) is 0 Å². The molecule has 1 aromatic carbocycles. The number of ether oxygens (including phenoxy) is 1. The van der Waals surface area contributed by atoms with E-state index in [0.29, 0.717) is 13.2 Å². The van der Waals surface area contributed by atoms with Crippen LogP contribution in [0.25, 0.3) is 0 Å². The highest BCUT2D eigenvalue weighted by Crippen LogP contribution is 2.19. The number of morpholine rings is 1. The molecule has 0 unspecified atom stereocenters. The fourth-order valence-corrected chi connectivity index (χ4v) is 3.06. The normalized spacial score (nSPS) is 16.1. The number of hydrogen-bond donors (Lipinski definition) is 2. The first-order valence-corrected chi connectivity index (χ1v) is 7.81. The average Bonchev–Trinajstić information content (AvgIpc) is 2.48. The molecule has 0 saturated carbocycles. The van der Waals surface area contributed by atoms with Crippen LogP contribution in [0.4, 0.5) is 10.1 Å². The molecule has 0 aliphatic carbocycles. The first-order chi connectivity index (χ1) is 10.0. The van der Waals surface area contributed by atoms with Gasteiger partial charge in [0.15, 0.2) is 0 Å². The van der Waals surface area contributed by atoms with Gasteiger partial charge in [0.1, 0.15) is 5.82 Å². The molecule has 1 heterocycles. The summed E-state index contributed by atoms with van der Waals surface area (Å²) >= 11 is 0. The third kappa shape index (κ3) is 4.15. The van der Waals surface area contributed by atoms with Gasteiger partial charge in [0, 0.05) is 13.1 Å². The van der Waals surface area contributed by atoms with E-state index < -0.39 is 16.0 Å². The molecule has 21 heavy (non-hydrogen) atoms. The third-order valence-corrected chi connectivity index (χ3v) is 4.38. The van der Waals surface area contributed by atoms with Crippen molar-refractivity contribution in [3.8, 4) is 11.8 Å². The van der Waals surface area contributed by atoms with Gasteiger partial charge in [-0.1, -0.05) is 11.8 Å². The van der Waals surface area contributed by atoms with E-state index in [-0.39, 0.29) is 30.9 Å². The van der Waals surface area contributed by atoms with Gasteiger partial charge in [0.05, 0.1) is 31.0 Å². The van der Waals surface area contributed by atoms with Crippen molar-refractivity contribution in [2.24, 2.45) is 5.73 Å². The fraction of sp³-hybridized carbons (Fsp3) is 0.385. The molecule has 6 nitrogen and oxygen atoms in total. The fourth-order valence-electron chi connectivity index (χ4n) is 1.85. The van der Waals surface area contributed by atoms with E-state index in [0.717, 1.165) is 0 Å². The van der Waals surface area contributed by atoms with E-state index >= 15 is 0 Å². The molecule has 0 atom stereocenters. The largest absolute Gasteiger partial charge is 0.379 e. The summed E-state index contributed by atoms with van der Waals surface area (Å²) < 4.78 is 46.6. The van der Waals surface area contributed by atoms with Crippen LogP contribution < -0.4 is 10.5 Å². The molecule has 1 aliphatic rings. The van der Waals surface area contributed by atoms with Crippen LogP contribution in [0.3, 0.4) is 0 Å². The Morgan fingerprint density at radius 3 is 2.76 bits per heavy atom. The van der Waals surface area contributed by atoms with E-state index in [1.165, 1.54) is 22.5 Å². The van der Waals surface area contributed by atoms with Crippen molar-refractivity contribution in [2.75, 3.05) is 37.6 Å². The summed E-state index contributed by atoms with van der Waals surface area (Å²) in [5.41, 5.74) is 5.75.